The van der Waals surface area contributed by atoms with Crippen LogP contribution in [-0.2, 0) is 4.74 Å². The first kappa shape index (κ1) is 11.5. The van der Waals surface area contributed by atoms with Crippen LogP contribution in [-0.4, -0.2) is 56.2 Å². The summed E-state index contributed by atoms with van der Waals surface area (Å²) < 4.78 is 5.32. The Morgan fingerprint density at radius 1 is 1.29 bits per heavy atom. The molecule has 0 bridgehead atoms. The molecule has 0 amide bonds. The summed E-state index contributed by atoms with van der Waals surface area (Å²) >= 11 is 0. The Morgan fingerprint density at radius 3 is 2.50 bits per heavy atom. The van der Waals surface area contributed by atoms with Crippen LogP contribution in [0.25, 0.3) is 0 Å². The molecule has 82 valence electrons. The van der Waals surface area contributed by atoms with Gasteiger partial charge in [0.15, 0.2) is 0 Å². The first-order valence-corrected chi connectivity index (χ1v) is 5.37. The van der Waals surface area contributed by atoms with Gasteiger partial charge in [-0.1, -0.05) is 6.58 Å². The van der Waals surface area contributed by atoms with Crippen LogP contribution in [0.3, 0.4) is 0 Å². The highest BCUT2D eigenvalue weighted by Crippen LogP contribution is 2.01. The summed E-state index contributed by atoms with van der Waals surface area (Å²) in [4.78, 5) is 4.88. The molecule has 0 spiro atoms. The number of piperazine rings is 1. The average Bonchev–Trinajstić information content (AvgIpc) is 2.15. The van der Waals surface area contributed by atoms with Crippen molar-refractivity contribution in [2.45, 2.75) is 13.3 Å². The van der Waals surface area contributed by atoms with Crippen molar-refractivity contribution in [3.8, 4) is 0 Å². The number of allylic oxidation sites excluding steroid dienone is 1. The van der Waals surface area contributed by atoms with Gasteiger partial charge in [0.2, 0.25) is 0 Å². The van der Waals surface area contributed by atoms with E-state index in [0.717, 1.165) is 25.3 Å². The summed E-state index contributed by atoms with van der Waals surface area (Å²) in [5.41, 5.74) is 0. The summed E-state index contributed by atoms with van der Waals surface area (Å²) in [6.45, 7) is 12.4. The molecule has 1 rings (SSSR count). The Balaban J connectivity index is 1.99. The Kier molecular flexibility index (Phi) is 4.98. The van der Waals surface area contributed by atoms with E-state index in [0.29, 0.717) is 0 Å². The fourth-order valence-corrected chi connectivity index (χ4v) is 1.61. The fraction of sp³-hybridized carbons (Fsp3) is 0.818. The highest BCUT2D eigenvalue weighted by atomic mass is 16.5. The summed E-state index contributed by atoms with van der Waals surface area (Å²) in [5.74, 6) is 0.823. The van der Waals surface area contributed by atoms with Gasteiger partial charge in [-0.25, -0.2) is 0 Å². The molecule has 0 aliphatic carbocycles. The Bertz CT molecular complexity index is 174. The van der Waals surface area contributed by atoms with E-state index in [9.17, 15) is 0 Å². The molecular weight excluding hydrogens is 176 g/mol. The molecule has 14 heavy (non-hydrogen) atoms. The third-order valence-electron chi connectivity index (χ3n) is 2.56. The van der Waals surface area contributed by atoms with E-state index in [-0.39, 0.29) is 0 Å². The van der Waals surface area contributed by atoms with E-state index < -0.39 is 0 Å². The summed E-state index contributed by atoms with van der Waals surface area (Å²) in [7, 11) is 2.18. The van der Waals surface area contributed by atoms with Crippen molar-refractivity contribution in [1.82, 2.24) is 9.80 Å². The van der Waals surface area contributed by atoms with Crippen LogP contribution in [0.1, 0.15) is 13.3 Å². The van der Waals surface area contributed by atoms with Gasteiger partial charge in [0.1, 0.15) is 0 Å². The third kappa shape index (κ3) is 4.63. The van der Waals surface area contributed by atoms with Crippen LogP contribution in [0.4, 0.5) is 0 Å². The van der Waals surface area contributed by atoms with Crippen molar-refractivity contribution in [2.75, 3.05) is 46.4 Å². The predicted molar refractivity (Wildman–Crippen MR) is 59.3 cm³/mol. The van der Waals surface area contributed by atoms with Gasteiger partial charge in [0.05, 0.1) is 12.4 Å². The van der Waals surface area contributed by atoms with Gasteiger partial charge in [0.25, 0.3) is 0 Å². The molecule has 0 aromatic rings. The second-order valence-electron chi connectivity index (χ2n) is 4.05. The molecule has 1 saturated heterocycles. The molecule has 0 aromatic carbocycles. The minimum absolute atomic E-state index is 0.807. The summed E-state index contributed by atoms with van der Waals surface area (Å²) in [6.07, 6.45) is 1.11. The third-order valence-corrected chi connectivity index (χ3v) is 2.56. The molecule has 0 unspecified atom stereocenters. The zero-order chi connectivity index (χ0) is 10.4. The predicted octanol–water partition coefficient (Wildman–Crippen LogP) is 1.17. The zero-order valence-corrected chi connectivity index (χ0v) is 9.46. The lowest BCUT2D eigenvalue weighted by molar-refractivity contribution is 0.135. The minimum atomic E-state index is 0.807. The molecular formula is C11H22N2O. The van der Waals surface area contributed by atoms with Gasteiger partial charge >= 0.3 is 0 Å². The second-order valence-corrected chi connectivity index (χ2v) is 4.05. The van der Waals surface area contributed by atoms with Crippen molar-refractivity contribution in [3.63, 3.8) is 0 Å². The van der Waals surface area contributed by atoms with Crippen LogP contribution in [0.5, 0.6) is 0 Å². The molecule has 3 nitrogen and oxygen atoms in total. The Labute approximate surface area is 87.3 Å². The zero-order valence-electron chi connectivity index (χ0n) is 9.46. The molecule has 0 radical (unpaired) electrons. The maximum atomic E-state index is 5.32. The van der Waals surface area contributed by atoms with Gasteiger partial charge in [-0.3, -0.25) is 0 Å². The number of likely N-dealkylation sites (N-methyl/N-ethyl adjacent to an activating group) is 1. The Morgan fingerprint density at radius 2 is 1.93 bits per heavy atom. The molecule has 1 heterocycles. The highest BCUT2D eigenvalue weighted by Gasteiger charge is 2.12. The molecule has 3 heteroatoms. The molecule has 1 fully saturated rings. The van der Waals surface area contributed by atoms with E-state index >= 15 is 0 Å². The smallest absolute Gasteiger partial charge is 0.0889 e. The van der Waals surface area contributed by atoms with Gasteiger partial charge < -0.3 is 14.5 Å². The van der Waals surface area contributed by atoms with Gasteiger partial charge in [-0.05, 0) is 20.4 Å². The summed E-state index contributed by atoms with van der Waals surface area (Å²) in [6, 6.07) is 0. The second kappa shape index (κ2) is 6.04. The van der Waals surface area contributed by atoms with Gasteiger partial charge in [-0.15, -0.1) is 0 Å². The number of hydrogen-bond donors (Lipinski definition) is 0. The maximum Gasteiger partial charge on any atom is 0.0889 e. The van der Waals surface area contributed by atoms with Crippen molar-refractivity contribution >= 4 is 0 Å². The maximum absolute atomic E-state index is 5.32. The van der Waals surface area contributed by atoms with Crippen LogP contribution >= 0.6 is 0 Å². The largest absolute Gasteiger partial charge is 0.499 e. The number of nitrogens with zero attached hydrogens (tertiary/aromatic N) is 2. The molecule has 1 aliphatic rings. The van der Waals surface area contributed by atoms with Crippen molar-refractivity contribution < 1.29 is 4.74 Å². The van der Waals surface area contributed by atoms with Crippen LogP contribution in [0.15, 0.2) is 12.3 Å². The van der Waals surface area contributed by atoms with E-state index in [1.807, 2.05) is 6.92 Å². The van der Waals surface area contributed by atoms with Gasteiger partial charge in [0, 0.05) is 32.7 Å². The van der Waals surface area contributed by atoms with Crippen LogP contribution < -0.4 is 0 Å². The lowest BCUT2D eigenvalue weighted by Crippen LogP contribution is -2.44. The minimum Gasteiger partial charge on any atom is -0.499 e. The van der Waals surface area contributed by atoms with E-state index in [1.165, 1.54) is 26.2 Å². The number of hydrogen-bond acceptors (Lipinski definition) is 3. The van der Waals surface area contributed by atoms with Crippen LogP contribution in [0, 0.1) is 0 Å². The molecule has 0 saturated carbocycles. The molecule has 0 N–H and O–H groups in total. The van der Waals surface area contributed by atoms with Crippen LogP contribution in [0.2, 0.25) is 0 Å². The highest BCUT2D eigenvalue weighted by molar-refractivity contribution is 4.74. The van der Waals surface area contributed by atoms with Crippen molar-refractivity contribution in [1.29, 1.82) is 0 Å². The monoisotopic (exact) mass is 198 g/mol. The lowest BCUT2D eigenvalue weighted by Gasteiger charge is -2.32. The Hall–Kier alpha value is -0.540. The normalized spacial score (nSPS) is 19.6. The fourth-order valence-electron chi connectivity index (χ4n) is 1.61. The summed E-state index contributed by atoms with van der Waals surface area (Å²) in [5, 5.41) is 0. The first-order valence-electron chi connectivity index (χ1n) is 5.37. The van der Waals surface area contributed by atoms with E-state index in [1.54, 1.807) is 0 Å². The molecule has 1 aliphatic heterocycles. The SMILES string of the molecule is C=C(C)OCCCN1CCN(C)CC1. The van der Waals surface area contributed by atoms with E-state index in [4.69, 9.17) is 4.74 Å². The molecule has 0 atom stereocenters. The average molecular weight is 198 g/mol. The van der Waals surface area contributed by atoms with Gasteiger partial charge in [-0.2, -0.15) is 0 Å². The first-order chi connectivity index (χ1) is 6.68. The topological polar surface area (TPSA) is 15.7 Å². The molecule has 0 aromatic heterocycles. The standard InChI is InChI=1S/C11H22N2O/c1-11(2)14-10-4-5-13-8-6-12(3)7-9-13/h1,4-10H2,2-3H3. The lowest BCUT2D eigenvalue weighted by atomic mass is 10.3. The quantitative estimate of drug-likeness (QED) is 0.487. The van der Waals surface area contributed by atoms with E-state index in [2.05, 4.69) is 23.4 Å². The number of rotatable bonds is 5. The van der Waals surface area contributed by atoms with Crippen molar-refractivity contribution in [3.05, 3.63) is 12.3 Å². The van der Waals surface area contributed by atoms with Crippen molar-refractivity contribution in [2.24, 2.45) is 0 Å². The number of ether oxygens (including phenoxy) is 1.